The van der Waals surface area contributed by atoms with Gasteiger partial charge in [0.2, 0.25) is 5.91 Å². The average molecular weight is 410 g/mol. The van der Waals surface area contributed by atoms with Crippen LogP contribution in [0.5, 0.6) is 0 Å². The van der Waals surface area contributed by atoms with E-state index in [-0.39, 0.29) is 17.9 Å². The highest BCUT2D eigenvalue weighted by molar-refractivity contribution is 7.22. The van der Waals surface area contributed by atoms with Crippen molar-refractivity contribution in [2.45, 2.75) is 12.5 Å². The van der Waals surface area contributed by atoms with E-state index in [2.05, 4.69) is 35.6 Å². The van der Waals surface area contributed by atoms with Crippen molar-refractivity contribution in [3.8, 4) is 0 Å². The number of nitrogens with one attached hydrogen (secondary N) is 1. The molecule has 0 fully saturated rings. The summed E-state index contributed by atoms with van der Waals surface area (Å²) in [5.41, 5.74) is 4.14. The van der Waals surface area contributed by atoms with E-state index in [4.69, 9.17) is 4.98 Å². The fraction of sp³-hybridized carbons (Fsp3) is 0.120. The van der Waals surface area contributed by atoms with E-state index in [0.29, 0.717) is 6.42 Å². The van der Waals surface area contributed by atoms with Crippen molar-refractivity contribution in [3.05, 3.63) is 96.2 Å². The molecule has 0 radical (unpaired) electrons. The molecule has 30 heavy (non-hydrogen) atoms. The maximum absolute atomic E-state index is 13.6. The van der Waals surface area contributed by atoms with Gasteiger partial charge in [0.25, 0.3) is 0 Å². The van der Waals surface area contributed by atoms with Crippen LogP contribution in [-0.2, 0) is 6.42 Å². The first kappa shape index (κ1) is 17.4. The Hall–Kier alpha value is -3.44. The Labute approximate surface area is 177 Å². The van der Waals surface area contributed by atoms with Gasteiger partial charge in [0, 0.05) is 11.1 Å². The van der Waals surface area contributed by atoms with Gasteiger partial charge in [0.05, 0.1) is 27.7 Å². The van der Waals surface area contributed by atoms with Crippen molar-refractivity contribution in [1.29, 1.82) is 0 Å². The Bertz CT molecular complexity index is 1350. The molecule has 2 atom stereocenters. The first-order valence-electron chi connectivity index (χ1n) is 10.1. The molecule has 1 aliphatic heterocycles. The normalized spacial score (nSPS) is 18.2. The molecule has 0 amide bonds. The fourth-order valence-electron chi connectivity index (χ4n) is 4.48. The lowest BCUT2D eigenvalue weighted by molar-refractivity contribution is 0.0861. The molecule has 0 spiro atoms. The first-order chi connectivity index (χ1) is 14.8. The van der Waals surface area contributed by atoms with E-state index in [9.17, 15) is 4.79 Å². The lowest BCUT2D eigenvalue weighted by atomic mass is 9.92. The van der Waals surface area contributed by atoms with Crippen LogP contribution in [0.15, 0.2) is 84.9 Å². The maximum Gasteiger partial charge on any atom is 0.237 e. The minimum atomic E-state index is -0.181. The van der Waals surface area contributed by atoms with Gasteiger partial charge in [0.15, 0.2) is 5.13 Å². The summed E-state index contributed by atoms with van der Waals surface area (Å²) in [7, 11) is 0. The monoisotopic (exact) mass is 409 g/mol. The summed E-state index contributed by atoms with van der Waals surface area (Å²) >= 11 is 1.63. The van der Waals surface area contributed by atoms with Crippen molar-refractivity contribution in [2.24, 2.45) is 5.92 Å². The van der Waals surface area contributed by atoms with Crippen molar-refractivity contribution in [1.82, 2.24) is 9.55 Å². The predicted molar refractivity (Wildman–Crippen MR) is 122 cm³/mol. The molecule has 6 rings (SSSR count). The molecule has 0 saturated carbocycles. The molecular formula is C25H19N3OS. The molecule has 0 saturated heterocycles. The van der Waals surface area contributed by atoms with Gasteiger partial charge in [0.1, 0.15) is 0 Å². The second-order valence-corrected chi connectivity index (χ2v) is 8.74. The zero-order valence-electron chi connectivity index (χ0n) is 16.2. The maximum atomic E-state index is 13.6. The van der Waals surface area contributed by atoms with E-state index >= 15 is 0 Å². The van der Waals surface area contributed by atoms with Gasteiger partial charge in [-0.1, -0.05) is 72.0 Å². The quantitative estimate of drug-likeness (QED) is 0.401. The Morgan fingerprint density at radius 2 is 1.70 bits per heavy atom. The first-order valence-corrected chi connectivity index (χ1v) is 10.9. The summed E-state index contributed by atoms with van der Waals surface area (Å²) in [5.74, 6) is -0.0346. The number of nitrogens with zero attached hydrogens (tertiary/aromatic N) is 2. The summed E-state index contributed by atoms with van der Waals surface area (Å²) in [6, 6.07) is 28.5. The van der Waals surface area contributed by atoms with Gasteiger partial charge >= 0.3 is 0 Å². The van der Waals surface area contributed by atoms with Crippen molar-refractivity contribution in [3.63, 3.8) is 0 Å². The molecule has 146 valence electrons. The van der Waals surface area contributed by atoms with Crippen LogP contribution >= 0.6 is 11.3 Å². The van der Waals surface area contributed by atoms with E-state index in [1.807, 2.05) is 59.2 Å². The smallest absolute Gasteiger partial charge is 0.237 e. The van der Waals surface area contributed by atoms with Crippen LogP contribution in [0.1, 0.15) is 22.1 Å². The SMILES string of the molecule is O=C1[C@@H](Cc2ccccc2)[C@H](Nc2nc3ccccc3s2)c2cc3ccccc3n21. The van der Waals surface area contributed by atoms with E-state index in [1.54, 1.807) is 11.3 Å². The lowest BCUT2D eigenvalue weighted by Gasteiger charge is -2.19. The minimum Gasteiger partial charge on any atom is -0.352 e. The fourth-order valence-corrected chi connectivity index (χ4v) is 5.38. The zero-order valence-corrected chi connectivity index (χ0v) is 17.0. The van der Waals surface area contributed by atoms with Crippen LogP contribution in [0.4, 0.5) is 5.13 Å². The van der Waals surface area contributed by atoms with Gasteiger partial charge in [-0.2, -0.15) is 0 Å². The Morgan fingerprint density at radius 3 is 2.57 bits per heavy atom. The van der Waals surface area contributed by atoms with Gasteiger partial charge in [-0.15, -0.1) is 0 Å². The molecule has 4 nitrogen and oxygen atoms in total. The van der Waals surface area contributed by atoms with Gasteiger partial charge in [-0.25, -0.2) is 4.98 Å². The summed E-state index contributed by atoms with van der Waals surface area (Å²) in [5, 5.41) is 5.56. The number of fused-ring (bicyclic) bond motifs is 4. The Balaban J connectivity index is 1.45. The van der Waals surface area contributed by atoms with Crippen molar-refractivity contribution < 1.29 is 4.79 Å². The summed E-state index contributed by atoms with van der Waals surface area (Å²) in [6.07, 6.45) is 0.693. The minimum absolute atomic E-state index is 0.120. The second kappa shape index (κ2) is 6.82. The number of aromatic nitrogens is 2. The van der Waals surface area contributed by atoms with Crippen molar-refractivity contribution in [2.75, 3.05) is 5.32 Å². The highest BCUT2D eigenvalue weighted by atomic mass is 32.1. The Kier molecular flexibility index (Phi) is 3.96. The van der Waals surface area contributed by atoms with E-state index < -0.39 is 0 Å². The topological polar surface area (TPSA) is 46.9 Å². The number of hydrogen-bond donors (Lipinski definition) is 1. The molecule has 0 bridgehead atoms. The van der Waals surface area contributed by atoms with Crippen LogP contribution in [0.2, 0.25) is 0 Å². The van der Waals surface area contributed by atoms with Crippen LogP contribution in [0.3, 0.4) is 0 Å². The van der Waals surface area contributed by atoms with Crippen LogP contribution < -0.4 is 5.32 Å². The molecule has 3 heterocycles. The number of hydrogen-bond acceptors (Lipinski definition) is 4. The standard InChI is InChI=1S/C25H19N3OS/c29-24-18(14-16-8-2-1-3-9-16)23(21-15-17-10-4-6-12-20(17)28(21)24)27-25-26-19-11-5-7-13-22(19)30-25/h1-13,15,18,23H,14H2,(H,26,27)/t18-,23-/m0/s1. The van der Waals surface area contributed by atoms with Crippen LogP contribution in [0, 0.1) is 5.92 Å². The summed E-state index contributed by atoms with van der Waals surface area (Å²) < 4.78 is 3.04. The molecule has 0 aliphatic carbocycles. The number of thiazole rings is 1. The number of anilines is 1. The van der Waals surface area contributed by atoms with Gasteiger partial charge in [-0.05, 0) is 36.2 Å². The highest BCUT2D eigenvalue weighted by Gasteiger charge is 2.41. The zero-order chi connectivity index (χ0) is 20.1. The third kappa shape index (κ3) is 2.74. The molecule has 0 unspecified atom stereocenters. The Morgan fingerprint density at radius 1 is 0.933 bits per heavy atom. The van der Waals surface area contributed by atoms with E-state index in [1.165, 1.54) is 5.56 Å². The molecule has 5 aromatic rings. The number of carbonyl (C=O) groups is 1. The molecule has 1 aliphatic rings. The average Bonchev–Trinajstić information content (AvgIpc) is 3.43. The summed E-state index contributed by atoms with van der Waals surface area (Å²) in [6.45, 7) is 0. The van der Waals surface area contributed by atoms with Crippen LogP contribution in [-0.4, -0.2) is 15.5 Å². The van der Waals surface area contributed by atoms with Gasteiger partial charge < -0.3 is 5.32 Å². The van der Waals surface area contributed by atoms with Gasteiger partial charge in [-0.3, -0.25) is 9.36 Å². The summed E-state index contributed by atoms with van der Waals surface area (Å²) in [4.78, 5) is 18.3. The van der Waals surface area contributed by atoms with Crippen LogP contribution in [0.25, 0.3) is 21.1 Å². The largest absolute Gasteiger partial charge is 0.352 e. The number of rotatable bonds is 4. The highest BCUT2D eigenvalue weighted by Crippen LogP contribution is 2.41. The number of benzene rings is 3. The predicted octanol–water partition coefficient (Wildman–Crippen LogP) is 5.92. The molecule has 2 aromatic heterocycles. The number of carbonyl (C=O) groups excluding carboxylic acids is 1. The molecule has 3 aromatic carbocycles. The number of para-hydroxylation sites is 2. The second-order valence-electron chi connectivity index (χ2n) is 7.71. The third-order valence-corrected chi connectivity index (χ3v) is 6.84. The third-order valence-electron chi connectivity index (χ3n) is 5.87. The molecule has 5 heteroatoms. The molecular weight excluding hydrogens is 390 g/mol. The van der Waals surface area contributed by atoms with E-state index in [0.717, 1.165) is 31.9 Å². The molecule has 1 N–H and O–H groups in total. The van der Waals surface area contributed by atoms with Crippen molar-refractivity contribution >= 4 is 43.5 Å². The lowest BCUT2D eigenvalue weighted by Crippen LogP contribution is -2.23.